The molecule has 0 spiro atoms. The number of anilines is 1. The molecule has 10 heteroatoms. The Bertz CT molecular complexity index is 1430. The van der Waals surface area contributed by atoms with Crippen molar-refractivity contribution in [1.82, 2.24) is 24.1 Å². The Morgan fingerprint density at radius 2 is 1.94 bits per heavy atom. The maximum atomic E-state index is 13.2. The van der Waals surface area contributed by atoms with Gasteiger partial charge in [0.1, 0.15) is 0 Å². The number of carbonyl (C=O) groups is 1. The molecule has 2 aromatic heterocycles. The molecule has 3 heterocycles. The fourth-order valence-corrected chi connectivity index (χ4v) is 4.75. The largest absolute Gasteiger partial charge is 0.325 e. The molecule has 1 fully saturated rings. The molecule has 0 radical (unpaired) electrons. The second kappa shape index (κ2) is 8.78. The van der Waals surface area contributed by atoms with Crippen LogP contribution in [0.3, 0.4) is 0 Å². The van der Waals surface area contributed by atoms with Gasteiger partial charge in [-0.1, -0.05) is 41.8 Å². The summed E-state index contributed by atoms with van der Waals surface area (Å²) >= 11 is 12.1. The van der Waals surface area contributed by atoms with Crippen LogP contribution in [0.4, 0.5) is 5.69 Å². The van der Waals surface area contributed by atoms with Gasteiger partial charge in [0.2, 0.25) is 11.7 Å². The smallest absolute Gasteiger partial charge is 0.262 e. The van der Waals surface area contributed by atoms with Gasteiger partial charge in [0.25, 0.3) is 5.56 Å². The Hall–Kier alpha value is -2.94. The van der Waals surface area contributed by atoms with E-state index in [2.05, 4.69) is 20.4 Å². The van der Waals surface area contributed by atoms with Gasteiger partial charge in [-0.15, -0.1) is 10.2 Å². The maximum Gasteiger partial charge on any atom is 0.262 e. The zero-order valence-electron chi connectivity index (χ0n) is 18.0. The number of likely N-dealkylation sites (tertiary alicyclic amines) is 1. The first-order valence-electron chi connectivity index (χ1n) is 10.8. The van der Waals surface area contributed by atoms with E-state index in [0.717, 1.165) is 31.3 Å². The number of para-hydroxylation sites is 1. The molecular weight excluding hydrogens is 463 g/mol. The quantitative estimate of drug-likeness (QED) is 0.475. The summed E-state index contributed by atoms with van der Waals surface area (Å²) in [6, 6.07) is 12.1. The molecular formula is C23H22Cl2N6O2. The van der Waals surface area contributed by atoms with Crippen molar-refractivity contribution in [2.75, 3.05) is 11.9 Å². The topological polar surface area (TPSA) is 84.5 Å². The Morgan fingerprint density at radius 3 is 2.76 bits per heavy atom. The molecule has 0 bridgehead atoms. The maximum absolute atomic E-state index is 13.2. The van der Waals surface area contributed by atoms with E-state index in [4.69, 9.17) is 23.2 Å². The third-order valence-electron chi connectivity index (χ3n) is 6.14. The number of piperidine rings is 1. The molecule has 1 unspecified atom stereocenters. The Balaban J connectivity index is 1.47. The van der Waals surface area contributed by atoms with E-state index in [0.29, 0.717) is 39.3 Å². The molecule has 4 aromatic rings. The van der Waals surface area contributed by atoms with Crippen molar-refractivity contribution in [3.05, 3.63) is 68.7 Å². The molecule has 1 saturated heterocycles. The first kappa shape index (κ1) is 21.9. The van der Waals surface area contributed by atoms with Crippen molar-refractivity contribution in [3.8, 4) is 0 Å². The molecule has 8 nitrogen and oxygen atoms in total. The molecule has 1 N–H and O–H groups in total. The summed E-state index contributed by atoms with van der Waals surface area (Å²) in [5.41, 5.74) is 1.24. The fourth-order valence-electron chi connectivity index (χ4n) is 4.45. The van der Waals surface area contributed by atoms with Gasteiger partial charge in [-0.2, -0.15) is 0 Å². The van der Waals surface area contributed by atoms with E-state index in [9.17, 15) is 9.59 Å². The third kappa shape index (κ3) is 3.99. The highest BCUT2D eigenvalue weighted by atomic mass is 35.5. The molecule has 1 aliphatic rings. The number of aromatic nitrogens is 4. The van der Waals surface area contributed by atoms with Gasteiger partial charge in [-0.25, -0.2) is 0 Å². The third-order valence-corrected chi connectivity index (χ3v) is 6.88. The van der Waals surface area contributed by atoms with E-state index in [1.165, 1.54) is 4.57 Å². The van der Waals surface area contributed by atoms with Gasteiger partial charge < -0.3 is 5.32 Å². The zero-order chi connectivity index (χ0) is 23.1. The monoisotopic (exact) mass is 484 g/mol. The molecule has 1 atom stereocenters. The lowest BCUT2D eigenvalue weighted by molar-refractivity contribution is -0.122. The Kier molecular flexibility index (Phi) is 5.82. The second-order valence-corrected chi connectivity index (χ2v) is 9.05. The van der Waals surface area contributed by atoms with Crippen LogP contribution < -0.4 is 10.9 Å². The number of hydrogen-bond donors (Lipinski definition) is 1. The molecule has 170 valence electrons. The second-order valence-electron chi connectivity index (χ2n) is 8.23. The number of amides is 1. The predicted octanol–water partition coefficient (Wildman–Crippen LogP) is 3.88. The van der Waals surface area contributed by atoms with Gasteiger partial charge in [-0.3, -0.25) is 23.5 Å². The van der Waals surface area contributed by atoms with E-state index in [-0.39, 0.29) is 17.5 Å². The highest BCUT2D eigenvalue weighted by Gasteiger charge is 2.30. The van der Waals surface area contributed by atoms with Crippen LogP contribution in [0.1, 0.15) is 25.1 Å². The van der Waals surface area contributed by atoms with E-state index in [1.54, 1.807) is 31.3 Å². The van der Waals surface area contributed by atoms with Crippen LogP contribution in [0.2, 0.25) is 10.0 Å². The van der Waals surface area contributed by atoms with Gasteiger partial charge in [0.05, 0.1) is 33.5 Å². The summed E-state index contributed by atoms with van der Waals surface area (Å²) in [6.07, 6.45) is 2.70. The minimum absolute atomic E-state index is 0.0980. The molecule has 0 aliphatic carbocycles. The van der Waals surface area contributed by atoms with Crippen LogP contribution in [-0.4, -0.2) is 42.6 Å². The average Bonchev–Trinajstić information content (AvgIpc) is 3.24. The van der Waals surface area contributed by atoms with Crippen molar-refractivity contribution < 1.29 is 4.79 Å². The lowest BCUT2D eigenvalue weighted by atomic mass is 10.0. The van der Waals surface area contributed by atoms with Gasteiger partial charge in [0, 0.05) is 12.7 Å². The molecule has 1 amide bonds. The number of rotatable bonds is 4. The minimum Gasteiger partial charge on any atom is -0.325 e. The normalized spacial score (nSPS) is 17.0. The number of nitrogens with zero attached hydrogens (tertiary/aromatic N) is 5. The number of aryl methyl sites for hydroxylation is 1. The summed E-state index contributed by atoms with van der Waals surface area (Å²) in [4.78, 5) is 28.0. The van der Waals surface area contributed by atoms with Gasteiger partial charge >= 0.3 is 0 Å². The number of carbonyl (C=O) groups excluding carboxylic acids is 1. The molecule has 2 aromatic carbocycles. The lowest BCUT2D eigenvalue weighted by Gasteiger charge is -2.34. The van der Waals surface area contributed by atoms with Crippen LogP contribution in [0.5, 0.6) is 0 Å². The summed E-state index contributed by atoms with van der Waals surface area (Å²) < 4.78 is 3.41. The number of benzene rings is 2. The van der Waals surface area contributed by atoms with E-state index in [1.807, 2.05) is 22.6 Å². The standard InChI is InChI=1S/C23H22Cl2N6O2/c1-29-22(33)15-6-2-3-7-18(15)31-20(27-28-23(29)31)13-30-11-5-4-8-19(30)21(32)26-14-9-10-16(24)17(25)12-14/h2-3,6-7,9-10,12,19H,4-5,8,11,13H2,1H3,(H,26,32). The van der Waals surface area contributed by atoms with Gasteiger partial charge in [0.15, 0.2) is 5.82 Å². The Morgan fingerprint density at radius 1 is 1.12 bits per heavy atom. The Labute approximate surface area is 199 Å². The number of halogens is 2. The van der Waals surface area contributed by atoms with Crippen LogP contribution >= 0.6 is 23.2 Å². The highest BCUT2D eigenvalue weighted by molar-refractivity contribution is 6.42. The van der Waals surface area contributed by atoms with Crippen LogP contribution in [0, 0.1) is 0 Å². The van der Waals surface area contributed by atoms with Crippen LogP contribution in [-0.2, 0) is 18.4 Å². The van der Waals surface area contributed by atoms with Crippen molar-refractivity contribution in [3.63, 3.8) is 0 Å². The number of hydrogen-bond acceptors (Lipinski definition) is 5. The van der Waals surface area contributed by atoms with Crippen molar-refractivity contribution in [2.45, 2.75) is 31.8 Å². The van der Waals surface area contributed by atoms with Crippen molar-refractivity contribution >= 4 is 51.5 Å². The first-order chi connectivity index (χ1) is 15.9. The van der Waals surface area contributed by atoms with Crippen molar-refractivity contribution in [1.29, 1.82) is 0 Å². The zero-order valence-corrected chi connectivity index (χ0v) is 19.5. The predicted molar refractivity (Wildman–Crippen MR) is 129 cm³/mol. The molecule has 33 heavy (non-hydrogen) atoms. The first-order valence-corrected chi connectivity index (χ1v) is 11.5. The molecule has 5 rings (SSSR count). The SMILES string of the molecule is Cn1c(=O)c2ccccc2n2c(CN3CCCCC3C(=O)Nc3ccc(Cl)c(Cl)c3)nnc12. The van der Waals surface area contributed by atoms with Crippen LogP contribution in [0.25, 0.3) is 16.7 Å². The highest BCUT2D eigenvalue weighted by Crippen LogP contribution is 2.26. The van der Waals surface area contributed by atoms with Gasteiger partial charge in [-0.05, 0) is 49.7 Å². The van der Waals surface area contributed by atoms with Crippen LogP contribution in [0.15, 0.2) is 47.3 Å². The summed E-state index contributed by atoms with van der Waals surface area (Å²) in [5.74, 6) is 1.06. The van der Waals surface area contributed by atoms with E-state index >= 15 is 0 Å². The number of fused-ring (bicyclic) bond motifs is 3. The fraction of sp³-hybridized carbons (Fsp3) is 0.304. The number of nitrogens with one attached hydrogen (secondary N) is 1. The summed E-state index contributed by atoms with van der Waals surface area (Å²) in [7, 11) is 1.69. The lowest BCUT2D eigenvalue weighted by Crippen LogP contribution is -2.46. The van der Waals surface area contributed by atoms with Crippen molar-refractivity contribution in [2.24, 2.45) is 7.05 Å². The minimum atomic E-state index is -0.320. The summed E-state index contributed by atoms with van der Waals surface area (Å²) in [5, 5.41) is 13.0. The van der Waals surface area contributed by atoms with E-state index < -0.39 is 0 Å². The molecule has 0 saturated carbocycles. The summed E-state index contributed by atoms with van der Waals surface area (Å²) in [6.45, 7) is 1.20. The average molecular weight is 485 g/mol. The molecule has 1 aliphatic heterocycles.